The molecule has 0 radical (unpaired) electrons. The van der Waals surface area contributed by atoms with E-state index in [1.807, 2.05) is 16.4 Å². The van der Waals surface area contributed by atoms with Crippen molar-refractivity contribution in [3.63, 3.8) is 0 Å². The van der Waals surface area contributed by atoms with Gasteiger partial charge in [-0.25, -0.2) is 0 Å². The van der Waals surface area contributed by atoms with E-state index in [4.69, 9.17) is 4.74 Å². The van der Waals surface area contributed by atoms with Gasteiger partial charge >= 0.3 is 0 Å². The first-order valence-electron chi connectivity index (χ1n) is 11.2. The molecule has 3 rings (SSSR count). The van der Waals surface area contributed by atoms with Crippen LogP contribution < -0.4 is 4.80 Å². The van der Waals surface area contributed by atoms with Gasteiger partial charge in [-0.3, -0.25) is 19.7 Å². The molecule has 180 valence electrons. The van der Waals surface area contributed by atoms with Gasteiger partial charge in [0.25, 0.3) is 11.6 Å². The van der Waals surface area contributed by atoms with E-state index in [-0.39, 0.29) is 29.0 Å². The number of nitrogens with zero attached hydrogens (tertiary/aromatic N) is 4. The smallest absolute Gasteiger partial charge is 0.270 e. The summed E-state index contributed by atoms with van der Waals surface area (Å²) in [7, 11) is 0. The van der Waals surface area contributed by atoms with Gasteiger partial charge in [0, 0.05) is 37.9 Å². The van der Waals surface area contributed by atoms with Crippen LogP contribution >= 0.6 is 23.1 Å². The molecule has 9 nitrogen and oxygen atoms in total. The minimum Gasteiger partial charge on any atom is -0.380 e. The van der Waals surface area contributed by atoms with Gasteiger partial charge in [-0.1, -0.05) is 18.3 Å². The summed E-state index contributed by atoms with van der Waals surface area (Å²) in [4.78, 5) is 42.5. The van der Waals surface area contributed by atoms with Crippen LogP contribution in [0.1, 0.15) is 39.5 Å². The zero-order chi connectivity index (χ0) is 23.8. The average Bonchev–Trinajstić information content (AvgIpc) is 3.15. The molecule has 0 aliphatic carbocycles. The number of rotatable bonds is 10. The van der Waals surface area contributed by atoms with E-state index in [0.29, 0.717) is 35.3 Å². The molecule has 33 heavy (non-hydrogen) atoms. The summed E-state index contributed by atoms with van der Waals surface area (Å²) in [5, 5.41) is 11.1. The second kappa shape index (κ2) is 12.3. The van der Waals surface area contributed by atoms with E-state index in [2.05, 4.69) is 11.9 Å². The molecule has 1 aromatic heterocycles. The molecule has 1 aromatic carbocycles. The average molecular weight is 495 g/mol. The SMILES string of the molecule is CCOCCn1c(=NC(=O)CSCC(=O)N2CCCCC2CC)sc2cc([N+](=O)[O-])ccc21. The number of hydrogen-bond acceptors (Lipinski definition) is 7. The number of thioether (sulfide) groups is 1. The summed E-state index contributed by atoms with van der Waals surface area (Å²) < 4.78 is 7.99. The van der Waals surface area contributed by atoms with Gasteiger partial charge in [0.05, 0.1) is 33.3 Å². The summed E-state index contributed by atoms with van der Waals surface area (Å²) in [5.41, 5.74) is 0.770. The van der Waals surface area contributed by atoms with Crippen molar-refractivity contribution >= 4 is 50.8 Å². The number of benzene rings is 1. The van der Waals surface area contributed by atoms with Crippen molar-refractivity contribution in [3.8, 4) is 0 Å². The van der Waals surface area contributed by atoms with Crippen LogP contribution in [0, 0.1) is 10.1 Å². The quantitative estimate of drug-likeness (QED) is 0.284. The van der Waals surface area contributed by atoms with Crippen LogP contribution in [-0.2, 0) is 20.9 Å². The number of likely N-dealkylation sites (tertiary alicyclic amines) is 1. The van der Waals surface area contributed by atoms with Crippen LogP contribution in [-0.4, -0.2) is 63.5 Å². The second-order valence-corrected chi connectivity index (χ2v) is 9.78. The third kappa shape index (κ3) is 6.64. The van der Waals surface area contributed by atoms with Crippen molar-refractivity contribution in [1.82, 2.24) is 9.47 Å². The highest BCUT2D eigenvalue weighted by molar-refractivity contribution is 8.00. The summed E-state index contributed by atoms with van der Waals surface area (Å²) in [5.74, 6) is 0.127. The maximum Gasteiger partial charge on any atom is 0.270 e. The third-order valence-electron chi connectivity index (χ3n) is 5.63. The fourth-order valence-electron chi connectivity index (χ4n) is 3.98. The Bertz CT molecular complexity index is 1060. The lowest BCUT2D eigenvalue weighted by Crippen LogP contribution is -2.44. The summed E-state index contributed by atoms with van der Waals surface area (Å²) >= 11 is 2.52. The van der Waals surface area contributed by atoms with E-state index >= 15 is 0 Å². The molecular weight excluding hydrogens is 464 g/mol. The minimum atomic E-state index is -0.440. The van der Waals surface area contributed by atoms with E-state index < -0.39 is 4.92 Å². The largest absolute Gasteiger partial charge is 0.380 e. The van der Waals surface area contributed by atoms with Crippen LogP contribution in [0.4, 0.5) is 5.69 Å². The second-order valence-electron chi connectivity index (χ2n) is 7.79. The molecule has 2 amide bonds. The summed E-state index contributed by atoms with van der Waals surface area (Å²) in [6.45, 7) is 6.30. The van der Waals surface area contributed by atoms with Gasteiger partial charge in [0.2, 0.25) is 5.91 Å². The molecule has 1 fully saturated rings. The monoisotopic (exact) mass is 494 g/mol. The fraction of sp³-hybridized carbons (Fsp3) is 0.591. The summed E-state index contributed by atoms with van der Waals surface area (Å²) in [6.07, 6.45) is 4.20. The maximum atomic E-state index is 12.6. The minimum absolute atomic E-state index is 0.00394. The van der Waals surface area contributed by atoms with E-state index in [1.165, 1.54) is 35.2 Å². The molecular formula is C22H30N4O5S2. The van der Waals surface area contributed by atoms with E-state index in [0.717, 1.165) is 37.7 Å². The lowest BCUT2D eigenvalue weighted by atomic mass is 10.0. The topological polar surface area (TPSA) is 107 Å². The molecule has 0 saturated carbocycles. The van der Waals surface area contributed by atoms with Gasteiger partial charge in [-0.05, 0) is 38.7 Å². The fourth-order valence-corrected chi connectivity index (χ4v) is 5.77. The Kier molecular flexibility index (Phi) is 9.45. The molecule has 2 heterocycles. The number of carbonyl (C=O) groups is 2. The first-order chi connectivity index (χ1) is 15.9. The molecule has 1 atom stereocenters. The number of hydrogen-bond donors (Lipinski definition) is 0. The predicted molar refractivity (Wildman–Crippen MR) is 131 cm³/mol. The Morgan fingerprint density at radius 1 is 1.30 bits per heavy atom. The normalized spacial score (nSPS) is 17.0. The van der Waals surface area contributed by atoms with Crippen LogP contribution in [0.2, 0.25) is 0 Å². The molecule has 1 unspecified atom stereocenters. The summed E-state index contributed by atoms with van der Waals surface area (Å²) in [6, 6.07) is 4.93. The first kappa shape index (κ1) is 25.4. The number of nitro benzene ring substituents is 1. The van der Waals surface area contributed by atoms with Gasteiger partial charge < -0.3 is 14.2 Å². The Balaban J connectivity index is 1.71. The number of amides is 2. The van der Waals surface area contributed by atoms with Crippen LogP contribution in [0.5, 0.6) is 0 Å². The van der Waals surface area contributed by atoms with E-state index in [1.54, 1.807) is 6.07 Å². The van der Waals surface area contributed by atoms with Crippen molar-refractivity contribution in [2.75, 3.05) is 31.3 Å². The lowest BCUT2D eigenvalue weighted by molar-refractivity contribution is -0.384. The molecule has 0 N–H and O–H groups in total. The molecule has 2 aromatic rings. The predicted octanol–water partition coefficient (Wildman–Crippen LogP) is 3.60. The zero-order valence-electron chi connectivity index (χ0n) is 19.0. The number of aromatic nitrogens is 1. The van der Waals surface area contributed by atoms with Crippen molar-refractivity contribution in [2.24, 2.45) is 4.99 Å². The van der Waals surface area contributed by atoms with Gasteiger partial charge in [0.15, 0.2) is 4.80 Å². The van der Waals surface area contributed by atoms with Crippen molar-refractivity contribution < 1.29 is 19.2 Å². The van der Waals surface area contributed by atoms with Crippen molar-refractivity contribution in [3.05, 3.63) is 33.1 Å². The third-order valence-corrected chi connectivity index (χ3v) is 7.57. The van der Waals surface area contributed by atoms with Crippen molar-refractivity contribution in [1.29, 1.82) is 0 Å². The molecule has 1 aliphatic rings. The highest BCUT2D eigenvalue weighted by Crippen LogP contribution is 2.23. The molecule has 0 bridgehead atoms. The number of piperidine rings is 1. The standard InChI is InChI=1S/C22H30N4O5S2/c1-3-16-7-5-6-10-24(16)21(28)15-32-14-20(27)23-22-25(11-12-31-4-2)18-9-8-17(26(29)30)13-19(18)33-22/h8-9,13,16H,3-7,10-12,14-15H2,1-2H3. The number of fused-ring (bicyclic) bond motifs is 1. The highest BCUT2D eigenvalue weighted by atomic mass is 32.2. The number of non-ortho nitro benzene ring substituents is 1. The Labute approximate surface area is 201 Å². The Morgan fingerprint density at radius 2 is 2.12 bits per heavy atom. The molecule has 0 spiro atoms. The molecule has 1 saturated heterocycles. The maximum absolute atomic E-state index is 12.6. The van der Waals surface area contributed by atoms with E-state index in [9.17, 15) is 19.7 Å². The van der Waals surface area contributed by atoms with Crippen LogP contribution in [0.25, 0.3) is 10.2 Å². The van der Waals surface area contributed by atoms with Crippen molar-refractivity contribution in [2.45, 2.75) is 52.1 Å². The number of ether oxygens (including phenoxy) is 1. The molecule has 1 aliphatic heterocycles. The van der Waals surface area contributed by atoms with Crippen LogP contribution in [0.3, 0.4) is 0 Å². The highest BCUT2D eigenvalue weighted by Gasteiger charge is 2.25. The van der Waals surface area contributed by atoms with Gasteiger partial charge in [0.1, 0.15) is 0 Å². The number of nitro groups is 1. The Hall–Kier alpha value is -2.24. The lowest BCUT2D eigenvalue weighted by Gasteiger charge is -2.35. The number of thiazole rings is 1. The zero-order valence-corrected chi connectivity index (χ0v) is 20.7. The van der Waals surface area contributed by atoms with Gasteiger partial charge in [-0.2, -0.15) is 4.99 Å². The number of carbonyl (C=O) groups excluding carboxylic acids is 2. The molecule has 11 heteroatoms. The van der Waals surface area contributed by atoms with Gasteiger partial charge in [-0.15, -0.1) is 11.8 Å². The Morgan fingerprint density at radius 3 is 2.85 bits per heavy atom. The van der Waals surface area contributed by atoms with Crippen LogP contribution in [0.15, 0.2) is 23.2 Å². The first-order valence-corrected chi connectivity index (χ1v) is 13.2.